The van der Waals surface area contributed by atoms with E-state index in [0.29, 0.717) is 11.2 Å². The van der Waals surface area contributed by atoms with Crippen molar-refractivity contribution >= 4 is 11.2 Å². The van der Waals surface area contributed by atoms with Gasteiger partial charge >= 0.3 is 0 Å². The number of pyridine rings is 2. The van der Waals surface area contributed by atoms with Crippen LogP contribution < -0.4 is 11.0 Å². The van der Waals surface area contributed by atoms with Gasteiger partial charge in [0.25, 0.3) is 5.56 Å². The highest BCUT2D eigenvalue weighted by Crippen LogP contribution is 2.15. The first-order valence-corrected chi connectivity index (χ1v) is 5.78. The first-order chi connectivity index (χ1) is 9.75. The maximum absolute atomic E-state index is 12.4. The highest BCUT2D eigenvalue weighted by molar-refractivity contribution is 5.77. The Hall–Kier alpha value is -3.16. The molecule has 4 aromatic rings. The second kappa shape index (κ2) is 3.67. The van der Waals surface area contributed by atoms with E-state index < -0.39 is 0 Å². The van der Waals surface area contributed by atoms with Crippen molar-refractivity contribution < 1.29 is 0 Å². The molecule has 0 atom stereocenters. The van der Waals surface area contributed by atoms with Crippen molar-refractivity contribution in [3.05, 3.63) is 57.5 Å². The van der Waals surface area contributed by atoms with E-state index in [4.69, 9.17) is 0 Å². The van der Waals surface area contributed by atoms with E-state index in [1.807, 2.05) is 0 Å². The average Bonchev–Trinajstić information content (AvgIpc) is 3.08. The SMILES string of the molecule is O=c1[c]cn2nc[nH]c2c1-c1ccc2cn[nH]n2c1=O. The van der Waals surface area contributed by atoms with Crippen molar-refractivity contribution in [2.45, 2.75) is 0 Å². The van der Waals surface area contributed by atoms with Crippen LogP contribution in [0.3, 0.4) is 0 Å². The van der Waals surface area contributed by atoms with Crippen LogP contribution in [-0.2, 0) is 0 Å². The zero-order valence-corrected chi connectivity index (χ0v) is 9.99. The van der Waals surface area contributed by atoms with Gasteiger partial charge in [-0.2, -0.15) is 10.2 Å². The van der Waals surface area contributed by atoms with Crippen LogP contribution in [-0.4, -0.2) is 29.4 Å². The molecule has 4 rings (SSSR count). The summed E-state index contributed by atoms with van der Waals surface area (Å²) in [6, 6.07) is 5.85. The molecule has 0 aliphatic carbocycles. The van der Waals surface area contributed by atoms with Crippen molar-refractivity contribution in [1.29, 1.82) is 0 Å². The molecule has 97 valence electrons. The number of nitrogens with zero attached hydrogens (tertiary/aromatic N) is 4. The van der Waals surface area contributed by atoms with Crippen LogP contribution in [0, 0.1) is 6.07 Å². The van der Waals surface area contributed by atoms with Crippen LogP contribution in [0.25, 0.3) is 22.3 Å². The maximum atomic E-state index is 12.4. The van der Waals surface area contributed by atoms with E-state index in [1.165, 1.54) is 27.8 Å². The summed E-state index contributed by atoms with van der Waals surface area (Å²) in [7, 11) is 0. The molecular weight excluding hydrogens is 260 g/mol. The van der Waals surface area contributed by atoms with Crippen molar-refractivity contribution in [2.75, 3.05) is 0 Å². The maximum Gasteiger partial charge on any atom is 0.279 e. The molecule has 0 aliphatic heterocycles. The van der Waals surface area contributed by atoms with Crippen LogP contribution in [0.2, 0.25) is 0 Å². The fourth-order valence-electron chi connectivity index (χ4n) is 2.21. The molecule has 8 nitrogen and oxygen atoms in total. The summed E-state index contributed by atoms with van der Waals surface area (Å²) in [6.45, 7) is 0. The minimum absolute atomic E-state index is 0.235. The van der Waals surface area contributed by atoms with Gasteiger partial charge in [-0.05, 0) is 12.1 Å². The predicted molar refractivity (Wildman–Crippen MR) is 69.5 cm³/mol. The van der Waals surface area contributed by atoms with Crippen LogP contribution in [0.5, 0.6) is 0 Å². The molecule has 2 N–H and O–H groups in total. The summed E-state index contributed by atoms with van der Waals surface area (Å²) >= 11 is 0. The summed E-state index contributed by atoms with van der Waals surface area (Å²) in [5.41, 5.74) is 0.846. The summed E-state index contributed by atoms with van der Waals surface area (Å²) in [6.07, 6.45) is 4.39. The molecule has 0 unspecified atom stereocenters. The monoisotopic (exact) mass is 267 g/mol. The molecule has 8 heteroatoms. The van der Waals surface area contributed by atoms with Crippen molar-refractivity contribution in [3.63, 3.8) is 0 Å². The largest absolute Gasteiger partial charge is 0.329 e. The molecule has 0 saturated carbocycles. The van der Waals surface area contributed by atoms with Crippen molar-refractivity contribution in [2.24, 2.45) is 0 Å². The van der Waals surface area contributed by atoms with Gasteiger partial charge in [0.05, 0.1) is 28.9 Å². The third kappa shape index (κ3) is 1.30. The number of H-pyrrole nitrogens is 2. The van der Waals surface area contributed by atoms with E-state index in [0.717, 1.165) is 0 Å². The highest BCUT2D eigenvalue weighted by Gasteiger charge is 2.15. The lowest BCUT2D eigenvalue weighted by molar-refractivity contribution is 0.830. The zero-order chi connectivity index (χ0) is 13.7. The number of rotatable bonds is 1. The van der Waals surface area contributed by atoms with Crippen molar-refractivity contribution in [3.8, 4) is 11.1 Å². The van der Waals surface area contributed by atoms with Crippen LogP contribution in [0.4, 0.5) is 0 Å². The first kappa shape index (κ1) is 10.7. The third-order valence-corrected chi connectivity index (χ3v) is 3.13. The normalized spacial score (nSPS) is 11.4. The lowest BCUT2D eigenvalue weighted by atomic mass is 10.1. The minimum atomic E-state index is -0.370. The summed E-state index contributed by atoms with van der Waals surface area (Å²) < 4.78 is 2.73. The molecule has 20 heavy (non-hydrogen) atoms. The van der Waals surface area contributed by atoms with Crippen LogP contribution >= 0.6 is 0 Å². The molecule has 4 heterocycles. The molecule has 0 aromatic carbocycles. The number of fused-ring (bicyclic) bond motifs is 2. The van der Waals surface area contributed by atoms with E-state index >= 15 is 0 Å². The predicted octanol–water partition coefficient (Wildman–Crippen LogP) is -0.174. The fraction of sp³-hybridized carbons (Fsp3) is 0. The van der Waals surface area contributed by atoms with Gasteiger partial charge in [0.2, 0.25) is 0 Å². The number of nitrogens with one attached hydrogen (secondary N) is 2. The third-order valence-electron chi connectivity index (χ3n) is 3.13. The number of hydrogen-bond donors (Lipinski definition) is 2. The second-order valence-corrected chi connectivity index (χ2v) is 4.23. The number of aromatic nitrogens is 6. The smallest absolute Gasteiger partial charge is 0.279 e. The summed E-state index contributed by atoms with van der Waals surface area (Å²) in [4.78, 5) is 27.3. The fourth-order valence-corrected chi connectivity index (χ4v) is 2.21. The van der Waals surface area contributed by atoms with Gasteiger partial charge in [-0.1, -0.05) is 0 Å². The van der Waals surface area contributed by atoms with Gasteiger partial charge in [-0.3, -0.25) is 9.59 Å². The van der Waals surface area contributed by atoms with Gasteiger partial charge in [-0.15, -0.1) is 0 Å². The van der Waals surface area contributed by atoms with Crippen molar-refractivity contribution in [1.82, 2.24) is 29.4 Å². The summed E-state index contributed by atoms with van der Waals surface area (Å²) in [5.74, 6) is 0. The van der Waals surface area contributed by atoms with Gasteiger partial charge in [0.15, 0.2) is 5.43 Å². The molecule has 4 aromatic heterocycles. The lowest BCUT2D eigenvalue weighted by Gasteiger charge is -2.02. The van der Waals surface area contributed by atoms with Gasteiger partial charge < -0.3 is 4.98 Å². The molecule has 0 fully saturated rings. The molecular formula is C12H7N6O2. The lowest BCUT2D eigenvalue weighted by Crippen LogP contribution is -2.20. The molecule has 0 aliphatic rings. The number of aromatic amines is 2. The Morgan fingerprint density at radius 3 is 3.05 bits per heavy atom. The average molecular weight is 267 g/mol. The molecule has 0 saturated heterocycles. The van der Waals surface area contributed by atoms with Gasteiger partial charge in [0, 0.05) is 6.20 Å². The van der Waals surface area contributed by atoms with E-state index in [1.54, 1.807) is 12.1 Å². The topological polar surface area (TPSA) is 100 Å². The Morgan fingerprint density at radius 1 is 1.25 bits per heavy atom. The van der Waals surface area contributed by atoms with E-state index in [-0.39, 0.29) is 22.1 Å². The first-order valence-electron chi connectivity index (χ1n) is 5.78. The Balaban J connectivity index is 2.19. The quantitative estimate of drug-likeness (QED) is 0.500. The Morgan fingerprint density at radius 2 is 2.15 bits per heavy atom. The van der Waals surface area contributed by atoms with Crippen LogP contribution in [0.15, 0.2) is 40.4 Å². The summed E-state index contributed by atoms with van der Waals surface area (Å²) in [5, 5.41) is 10.4. The Bertz CT molecular complexity index is 1050. The number of hydrogen-bond acceptors (Lipinski definition) is 4. The molecule has 1 radical (unpaired) electrons. The van der Waals surface area contributed by atoms with Crippen LogP contribution in [0.1, 0.15) is 0 Å². The van der Waals surface area contributed by atoms with Gasteiger partial charge in [0.1, 0.15) is 12.0 Å². The molecule has 0 bridgehead atoms. The minimum Gasteiger partial charge on any atom is -0.329 e. The zero-order valence-electron chi connectivity index (χ0n) is 9.99. The molecule has 0 spiro atoms. The highest BCUT2D eigenvalue weighted by atomic mass is 16.1. The van der Waals surface area contributed by atoms with E-state index in [2.05, 4.69) is 26.5 Å². The second-order valence-electron chi connectivity index (χ2n) is 4.23. The molecule has 0 amide bonds. The van der Waals surface area contributed by atoms with E-state index in [9.17, 15) is 9.59 Å². The van der Waals surface area contributed by atoms with Gasteiger partial charge in [-0.25, -0.2) is 14.2 Å². The standard InChI is InChI=1S/C12H7N6O2/c19-9-3-4-17-11(13-6-15-17)10(9)8-2-1-7-5-14-16-18(7)12(8)20/h1-2,4-6,16H,(H,13,15). The Labute approximate surface area is 110 Å². The Kier molecular flexibility index (Phi) is 1.97.